The van der Waals surface area contributed by atoms with Crippen LogP contribution in [0.15, 0.2) is 24.4 Å². The molecule has 2 aliphatic rings. The first-order chi connectivity index (χ1) is 16.3. The predicted octanol–water partition coefficient (Wildman–Crippen LogP) is 5.04. The Kier molecular flexibility index (Phi) is 7.29. The Balaban J connectivity index is 1.65. The quantitative estimate of drug-likeness (QED) is 0.570. The third kappa shape index (κ3) is 4.98. The summed E-state index contributed by atoms with van der Waals surface area (Å²) in [6.45, 7) is 8.59. The lowest BCUT2D eigenvalue weighted by Crippen LogP contribution is -2.32. The largest absolute Gasteiger partial charge is 0.440 e. The maximum absolute atomic E-state index is 12.7. The molecule has 0 saturated heterocycles. The van der Waals surface area contributed by atoms with Crippen molar-refractivity contribution >= 4 is 11.9 Å². The number of fused-ring (bicyclic) bond motifs is 2. The second kappa shape index (κ2) is 10.2. The summed E-state index contributed by atoms with van der Waals surface area (Å²) in [7, 11) is 1.76. The van der Waals surface area contributed by atoms with E-state index in [-0.39, 0.29) is 12.0 Å². The number of carbonyl (C=O) groups is 2. The first-order valence-corrected chi connectivity index (χ1v) is 12.6. The summed E-state index contributed by atoms with van der Waals surface area (Å²) in [5.74, 6) is 1.86. The third-order valence-electron chi connectivity index (χ3n) is 7.25. The summed E-state index contributed by atoms with van der Waals surface area (Å²) in [6, 6.07) is 5.80. The Bertz CT molecular complexity index is 1040. The molecule has 182 valence electrons. The maximum atomic E-state index is 12.7. The summed E-state index contributed by atoms with van der Waals surface area (Å²) >= 11 is 0. The van der Waals surface area contributed by atoms with E-state index in [2.05, 4.69) is 29.0 Å². The zero-order valence-electron chi connectivity index (χ0n) is 21.0. The highest BCUT2D eigenvalue weighted by Crippen LogP contribution is 2.54. The van der Waals surface area contributed by atoms with Crippen LogP contribution in [-0.4, -0.2) is 45.6 Å². The Labute approximate surface area is 202 Å². The van der Waals surface area contributed by atoms with Crippen molar-refractivity contribution in [1.82, 2.24) is 20.1 Å². The van der Waals surface area contributed by atoms with Gasteiger partial charge < -0.3 is 9.64 Å². The van der Waals surface area contributed by atoms with Gasteiger partial charge in [-0.3, -0.25) is 9.78 Å². The lowest BCUT2D eigenvalue weighted by atomic mass is 9.89. The van der Waals surface area contributed by atoms with Crippen LogP contribution in [0.5, 0.6) is 0 Å². The molecule has 4 rings (SSSR count). The van der Waals surface area contributed by atoms with Gasteiger partial charge >= 0.3 is 6.09 Å². The Morgan fingerprint density at radius 2 is 1.79 bits per heavy atom. The first-order valence-electron chi connectivity index (χ1n) is 12.6. The monoisotopic (exact) mass is 464 g/mol. The molecule has 0 aromatic carbocycles. The second-order valence-electron chi connectivity index (χ2n) is 10.2. The van der Waals surface area contributed by atoms with E-state index in [9.17, 15) is 9.59 Å². The van der Waals surface area contributed by atoms with Gasteiger partial charge in [-0.2, -0.15) is 5.10 Å². The van der Waals surface area contributed by atoms with Gasteiger partial charge in [0, 0.05) is 32.1 Å². The lowest BCUT2D eigenvalue weighted by molar-refractivity contribution is -0.120. The number of ketones is 1. The summed E-state index contributed by atoms with van der Waals surface area (Å²) in [4.78, 5) is 31.3. The smallest absolute Gasteiger partial charge is 0.410 e. The Morgan fingerprint density at radius 1 is 1.09 bits per heavy atom. The minimum Gasteiger partial charge on any atom is -0.440 e. The number of hydrogen-bond donors (Lipinski definition) is 0. The minimum absolute atomic E-state index is 0.196. The zero-order valence-corrected chi connectivity index (χ0v) is 21.0. The van der Waals surface area contributed by atoms with E-state index >= 15 is 0 Å². The number of Topliss-reactive ketones (excluding diaryl/α,β-unsaturated/α-hetero) is 1. The van der Waals surface area contributed by atoms with Crippen molar-refractivity contribution in [1.29, 1.82) is 0 Å². The van der Waals surface area contributed by atoms with Gasteiger partial charge in [0.1, 0.15) is 23.3 Å². The lowest BCUT2D eigenvalue weighted by Gasteiger charge is -2.24. The standard InChI is InChI=1S/C27H36N4O3/c1-6-23(32)24-18-10-12-20-21(13-11-19(18)24)26(22-9-7-8-14-28-22)30-29-25(20)17(4)34-27(33)31(5)15-16(2)3/h7-9,14,16-19,24H,6,10-13,15H2,1-5H3. The van der Waals surface area contributed by atoms with E-state index in [1.807, 2.05) is 32.0 Å². The summed E-state index contributed by atoms with van der Waals surface area (Å²) in [5, 5.41) is 9.15. The van der Waals surface area contributed by atoms with E-state index in [4.69, 9.17) is 4.74 Å². The average Bonchev–Trinajstić information content (AvgIpc) is 3.50. The zero-order chi connectivity index (χ0) is 24.4. The number of nitrogens with zero attached hydrogens (tertiary/aromatic N) is 4. The number of carbonyl (C=O) groups excluding carboxylic acids is 2. The van der Waals surface area contributed by atoms with E-state index < -0.39 is 6.10 Å². The number of ether oxygens (including phenoxy) is 1. The van der Waals surface area contributed by atoms with Crippen LogP contribution in [0, 0.1) is 23.7 Å². The number of rotatable bonds is 7. The number of hydrogen-bond acceptors (Lipinski definition) is 6. The minimum atomic E-state index is -0.511. The molecule has 1 saturated carbocycles. The predicted molar refractivity (Wildman–Crippen MR) is 130 cm³/mol. The van der Waals surface area contributed by atoms with Crippen LogP contribution in [0.4, 0.5) is 4.79 Å². The van der Waals surface area contributed by atoms with Crippen molar-refractivity contribution in [3.8, 4) is 11.4 Å². The molecule has 0 spiro atoms. The van der Waals surface area contributed by atoms with Gasteiger partial charge in [-0.1, -0.05) is 26.8 Å². The normalized spacial score (nSPS) is 22.1. The molecule has 7 nitrogen and oxygen atoms in total. The number of amides is 1. The van der Waals surface area contributed by atoms with Gasteiger partial charge in [0.2, 0.25) is 0 Å². The van der Waals surface area contributed by atoms with Crippen LogP contribution in [0.3, 0.4) is 0 Å². The van der Waals surface area contributed by atoms with Crippen LogP contribution >= 0.6 is 0 Å². The summed E-state index contributed by atoms with van der Waals surface area (Å²) in [5.41, 5.74) is 4.56. The molecule has 0 bridgehead atoms. The van der Waals surface area contributed by atoms with Crippen molar-refractivity contribution < 1.29 is 14.3 Å². The van der Waals surface area contributed by atoms with E-state index in [1.54, 1.807) is 18.1 Å². The molecule has 0 N–H and O–H groups in total. The Hall–Kier alpha value is -2.83. The van der Waals surface area contributed by atoms with Crippen molar-refractivity contribution in [2.45, 2.75) is 65.9 Å². The fourth-order valence-electron chi connectivity index (χ4n) is 5.59. The SMILES string of the molecule is CCC(=O)C1C2CCc3c(-c4ccccn4)nnc(C(C)OC(=O)N(C)CC(C)C)c3CCC21. The molecule has 34 heavy (non-hydrogen) atoms. The van der Waals surface area contributed by atoms with Crippen molar-refractivity contribution in [2.24, 2.45) is 23.7 Å². The Morgan fingerprint density at radius 3 is 2.41 bits per heavy atom. The van der Waals surface area contributed by atoms with Gasteiger partial charge in [-0.05, 0) is 73.6 Å². The molecular weight excluding hydrogens is 428 g/mol. The van der Waals surface area contributed by atoms with Crippen LogP contribution in [0.25, 0.3) is 11.4 Å². The van der Waals surface area contributed by atoms with Gasteiger partial charge in [0.15, 0.2) is 0 Å². The highest BCUT2D eigenvalue weighted by atomic mass is 16.6. The summed E-state index contributed by atoms with van der Waals surface area (Å²) < 4.78 is 5.81. The molecule has 2 aliphatic carbocycles. The molecule has 2 aromatic heterocycles. The molecule has 7 heteroatoms. The average molecular weight is 465 g/mol. The van der Waals surface area contributed by atoms with E-state index in [0.29, 0.717) is 36.5 Å². The number of pyridine rings is 1. The van der Waals surface area contributed by atoms with Crippen molar-refractivity contribution in [3.63, 3.8) is 0 Å². The van der Waals surface area contributed by atoms with Gasteiger partial charge in [0.25, 0.3) is 0 Å². The molecule has 4 atom stereocenters. The van der Waals surface area contributed by atoms with E-state index in [0.717, 1.165) is 53.9 Å². The fourth-order valence-corrected chi connectivity index (χ4v) is 5.59. The van der Waals surface area contributed by atoms with Crippen LogP contribution in [-0.2, 0) is 22.4 Å². The molecule has 1 fully saturated rings. The molecular formula is C27H36N4O3. The van der Waals surface area contributed by atoms with Gasteiger partial charge in [-0.25, -0.2) is 4.79 Å². The molecule has 1 amide bonds. The van der Waals surface area contributed by atoms with Gasteiger partial charge in [0.05, 0.1) is 5.69 Å². The fraction of sp³-hybridized carbons (Fsp3) is 0.593. The van der Waals surface area contributed by atoms with Crippen molar-refractivity contribution in [2.75, 3.05) is 13.6 Å². The molecule has 0 radical (unpaired) electrons. The topological polar surface area (TPSA) is 85.3 Å². The molecule has 2 heterocycles. The highest BCUT2D eigenvalue weighted by molar-refractivity contribution is 5.84. The molecule has 4 unspecified atom stereocenters. The maximum Gasteiger partial charge on any atom is 0.410 e. The molecule has 2 aromatic rings. The third-order valence-corrected chi connectivity index (χ3v) is 7.25. The molecule has 0 aliphatic heterocycles. The van der Waals surface area contributed by atoms with Crippen LogP contribution < -0.4 is 0 Å². The van der Waals surface area contributed by atoms with Crippen LogP contribution in [0.1, 0.15) is 69.9 Å². The van der Waals surface area contributed by atoms with Gasteiger partial charge in [-0.15, -0.1) is 5.10 Å². The van der Waals surface area contributed by atoms with Crippen LogP contribution in [0.2, 0.25) is 0 Å². The second-order valence-corrected chi connectivity index (χ2v) is 10.2. The first kappa shape index (κ1) is 24.3. The van der Waals surface area contributed by atoms with E-state index in [1.165, 1.54) is 0 Å². The van der Waals surface area contributed by atoms with Crippen molar-refractivity contribution in [3.05, 3.63) is 41.2 Å². The summed E-state index contributed by atoms with van der Waals surface area (Å²) in [6.07, 6.45) is 5.05. The number of aromatic nitrogens is 3. The highest BCUT2D eigenvalue weighted by Gasteiger charge is 2.53.